The van der Waals surface area contributed by atoms with Crippen molar-refractivity contribution in [1.29, 1.82) is 0 Å². The van der Waals surface area contributed by atoms with Crippen LogP contribution in [0.3, 0.4) is 0 Å². The first kappa shape index (κ1) is 30.4. The maximum Gasteiger partial charge on any atom is 0.179 e. The molecule has 1 aliphatic rings. The standard InChI is InChI=1S/C29H48ClN3S2/c1-3-4-5-6-7-8-9-10-11-12-13-14-15-16-17-18-22-31-29-33(24-25(2)35-29)28(34)32-27-21-19-20-26(30)23-27/h19-21,23,25H,3-18,22,24H2,1-2H3,(H,32,34)/b31-29+. The van der Waals surface area contributed by atoms with Gasteiger partial charge in [0.1, 0.15) is 0 Å². The summed E-state index contributed by atoms with van der Waals surface area (Å²) in [4.78, 5) is 7.03. The lowest BCUT2D eigenvalue weighted by molar-refractivity contribution is 0.530. The minimum Gasteiger partial charge on any atom is -0.332 e. The molecule has 1 unspecified atom stereocenters. The molecule has 2 rings (SSSR count). The van der Waals surface area contributed by atoms with E-state index in [0.717, 1.165) is 23.9 Å². The number of thiocarbonyl (C=S) groups is 1. The van der Waals surface area contributed by atoms with Crippen molar-refractivity contribution in [2.24, 2.45) is 4.99 Å². The van der Waals surface area contributed by atoms with Crippen LogP contribution < -0.4 is 5.32 Å². The second-order valence-corrected chi connectivity index (χ2v) is 12.2. The molecule has 0 radical (unpaired) electrons. The van der Waals surface area contributed by atoms with Crippen LogP contribution >= 0.6 is 35.6 Å². The van der Waals surface area contributed by atoms with Gasteiger partial charge in [0.25, 0.3) is 0 Å². The largest absolute Gasteiger partial charge is 0.332 e. The lowest BCUT2D eigenvalue weighted by atomic mass is 10.0. The number of hydrogen-bond acceptors (Lipinski definition) is 3. The van der Waals surface area contributed by atoms with Crippen LogP contribution in [0.5, 0.6) is 0 Å². The molecule has 6 heteroatoms. The van der Waals surface area contributed by atoms with Crippen molar-refractivity contribution in [3.8, 4) is 0 Å². The molecule has 0 aliphatic carbocycles. The minimum absolute atomic E-state index is 0.499. The second kappa shape index (κ2) is 19.3. The molecular formula is C29H48ClN3S2. The number of benzene rings is 1. The SMILES string of the molecule is CCCCCCCCCCCCCCCCCC/N=C1/SC(C)CN1C(=S)Nc1cccc(Cl)c1. The van der Waals surface area contributed by atoms with E-state index in [1.807, 2.05) is 36.0 Å². The maximum atomic E-state index is 6.10. The van der Waals surface area contributed by atoms with Crippen LogP contribution in [0, 0.1) is 0 Å². The zero-order valence-electron chi connectivity index (χ0n) is 22.2. The summed E-state index contributed by atoms with van der Waals surface area (Å²) in [6.07, 6.45) is 22.3. The molecule has 1 N–H and O–H groups in total. The first-order chi connectivity index (χ1) is 17.1. The highest BCUT2D eigenvalue weighted by molar-refractivity contribution is 8.14. The van der Waals surface area contributed by atoms with Crippen LogP contribution in [-0.2, 0) is 0 Å². The monoisotopic (exact) mass is 537 g/mol. The average Bonchev–Trinajstić information content (AvgIpc) is 3.21. The van der Waals surface area contributed by atoms with Crippen LogP contribution in [0.1, 0.15) is 117 Å². The summed E-state index contributed by atoms with van der Waals surface area (Å²) < 4.78 is 0. The first-order valence-electron chi connectivity index (χ1n) is 14.2. The number of anilines is 1. The van der Waals surface area contributed by atoms with Gasteiger partial charge < -0.3 is 5.32 Å². The number of unbranched alkanes of at least 4 members (excludes halogenated alkanes) is 15. The van der Waals surface area contributed by atoms with Crippen molar-refractivity contribution in [2.45, 2.75) is 122 Å². The Kier molecular flexibility index (Phi) is 16.8. The number of rotatable bonds is 18. The number of nitrogens with zero attached hydrogens (tertiary/aromatic N) is 2. The summed E-state index contributed by atoms with van der Waals surface area (Å²) in [6, 6.07) is 7.68. The fourth-order valence-electron chi connectivity index (χ4n) is 4.50. The van der Waals surface area contributed by atoms with Gasteiger partial charge in [0.05, 0.1) is 0 Å². The van der Waals surface area contributed by atoms with E-state index in [2.05, 4.69) is 24.1 Å². The van der Waals surface area contributed by atoms with Gasteiger partial charge in [-0.1, -0.05) is 140 Å². The number of aliphatic imine (C=N–C) groups is 1. The smallest absolute Gasteiger partial charge is 0.179 e. The Balaban J connectivity index is 1.48. The second-order valence-electron chi connectivity index (χ2n) is 9.95. The molecule has 0 aromatic heterocycles. The summed E-state index contributed by atoms with van der Waals surface area (Å²) in [5.74, 6) is 0. The zero-order chi connectivity index (χ0) is 25.1. The van der Waals surface area contributed by atoms with E-state index in [-0.39, 0.29) is 0 Å². The highest BCUT2D eigenvalue weighted by atomic mass is 35.5. The van der Waals surface area contributed by atoms with E-state index < -0.39 is 0 Å². The summed E-state index contributed by atoms with van der Waals surface area (Å²) in [5.41, 5.74) is 0.921. The van der Waals surface area contributed by atoms with Gasteiger partial charge in [0, 0.05) is 29.0 Å². The third-order valence-corrected chi connectivity index (χ3v) is 8.23. The molecule has 1 aromatic rings. The molecule has 1 atom stereocenters. The van der Waals surface area contributed by atoms with Crippen LogP contribution in [0.2, 0.25) is 5.02 Å². The highest BCUT2D eigenvalue weighted by Gasteiger charge is 2.28. The molecule has 0 bridgehead atoms. The minimum atomic E-state index is 0.499. The Morgan fingerprint density at radius 3 is 2.03 bits per heavy atom. The van der Waals surface area contributed by atoms with Gasteiger partial charge >= 0.3 is 0 Å². The van der Waals surface area contributed by atoms with E-state index >= 15 is 0 Å². The Bertz CT molecular complexity index is 740. The van der Waals surface area contributed by atoms with Crippen molar-refractivity contribution in [3.05, 3.63) is 29.3 Å². The van der Waals surface area contributed by atoms with Crippen LogP contribution in [-0.4, -0.2) is 33.5 Å². The Labute approximate surface area is 230 Å². The van der Waals surface area contributed by atoms with Gasteiger partial charge in [-0.05, 0) is 36.8 Å². The molecule has 0 amide bonds. The number of amidine groups is 1. The van der Waals surface area contributed by atoms with Crippen molar-refractivity contribution >= 4 is 51.5 Å². The fourth-order valence-corrected chi connectivity index (χ4v) is 6.07. The molecule has 1 aliphatic heterocycles. The lowest BCUT2D eigenvalue weighted by Crippen LogP contribution is -2.36. The van der Waals surface area contributed by atoms with Gasteiger partial charge in [-0.2, -0.15) is 0 Å². The molecule has 1 aromatic carbocycles. The number of thioether (sulfide) groups is 1. The summed E-state index contributed by atoms with van der Waals surface area (Å²) in [7, 11) is 0. The van der Waals surface area contributed by atoms with Crippen LogP contribution in [0.15, 0.2) is 29.3 Å². The lowest BCUT2D eigenvalue weighted by Gasteiger charge is -2.20. The quantitative estimate of drug-likeness (QED) is 0.149. The van der Waals surface area contributed by atoms with E-state index in [9.17, 15) is 0 Å². The van der Waals surface area contributed by atoms with E-state index in [1.165, 1.54) is 103 Å². The first-order valence-corrected chi connectivity index (χ1v) is 15.8. The average molecular weight is 538 g/mol. The predicted octanol–water partition coefficient (Wildman–Crippen LogP) is 10.1. The Hall–Kier alpha value is -0.780. The van der Waals surface area contributed by atoms with Crippen molar-refractivity contribution < 1.29 is 0 Å². The maximum absolute atomic E-state index is 6.10. The summed E-state index contributed by atoms with van der Waals surface area (Å²) >= 11 is 13.6. The molecule has 35 heavy (non-hydrogen) atoms. The molecular weight excluding hydrogens is 490 g/mol. The van der Waals surface area contributed by atoms with Crippen LogP contribution in [0.25, 0.3) is 0 Å². The van der Waals surface area contributed by atoms with Gasteiger partial charge in [-0.25, -0.2) is 0 Å². The fraction of sp³-hybridized carbons (Fsp3) is 0.724. The highest BCUT2D eigenvalue weighted by Crippen LogP contribution is 2.27. The van der Waals surface area contributed by atoms with Crippen LogP contribution in [0.4, 0.5) is 5.69 Å². The van der Waals surface area contributed by atoms with Crippen molar-refractivity contribution in [1.82, 2.24) is 4.90 Å². The molecule has 0 spiro atoms. The van der Waals surface area contributed by atoms with Gasteiger partial charge in [0.15, 0.2) is 10.3 Å². The number of halogens is 1. The molecule has 1 heterocycles. The Morgan fingerprint density at radius 2 is 1.49 bits per heavy atom. The third kappa shape index (κ3) is 13.9. The van der Waals surface area contributed by atoms with Gasteiger partial charge in [-0.3, -0.25) is 9.89 Å². The number of nitrogens with one attached hydrogen (secondary N) is 1. The van der Waals surface area contributed by atoms with Crippen molar-refractivity contribution in [3.63, 3.8) is 0 Å². The Morgan fingerprint density at radius 1 is 0.943 bits per heavy atom. The van der Waals surface area contributed by atoms with E-state index in [0.29, 0.717) is 15.4 Å². The van der Waals surface area contributed by atoms with Gasteiger partial charge in [0.2, 0.25) is 0 Å². The zero-order valence-corrected chi connectivity index (χ0v) is 24.6. The molecule has 198 valence electrons. The van der Waals surface area contributed by atoms with Gasteiger partial charge in [-0.15, -0.1) is 0 Å². The van der Waals surface area contributed by atoms with Crippen molar-refractivity contribution in [2.75, 3.05) is 18.4 Å². The third-order valence-electron chi connectivity index (χ3n) is 6.56. The predicted molar refractivity (Wildman–Crippen MR) is 163 cm³/mol. The summed E-state index contributed by atoms with van der Waals surface area (Å²) in [5, 5.41) is 6.28. The summed E-state index contributed by atoms with van der Waals surface area (Å²) in [6.45, 7) is 6.31. The van der Waals surface area contributed by atoms with E-state index in [4.69, 9.17) is 28.8 Å². The molecule has 1 saturated heterocycles. The number of hydrogen-bond donors (Lipinski definition) is 1. The van der Waals surface area contributed by atoms with E-state index in [1.54, 1.807) is 0 Å². The molecule has 3 nitrogen and oxygen atoms in total. The topological polar surface area (TPSA) is 27.6 Å². The normalized spacial score (nSPS) is 16.8. The molecule has 1 fully saturated rings. The molecule has 0 saturated carbocycles.